The first-order valence-corrected chi connectivity index (χ1v) is 24.5. The number of hydrogen-bond donors (Lipinski definition) is 1. The Hall–Kier alpha value is -9.06. The van der Waals surface area contributed by atoms with E-state index in [2.05, 4.69) is 259 Å². The van der Waals surface area contributed by atoms with Crippen LogP contribution in [0.4, 0.5) is 0 Å². The summed E-state index contributed by atoms with van der Waals surface area (Å²) < 4.78 is 4.88. The summed E-state index contributed by atoms with van der Waals surface area (Å²) in [4.78, 5) is 10.8. The summed E-state index contributed by atoms with van der Waals surface area (Å²) in [6, 6.07) is 85.6. The minimum absolute atomic E-state index is 0.155. The molecule has 1 atom stereocenters. The van der Waals surface area contributed by atoms with Gasteiger partial charge < -0.3 is 14.5 Å². The van der Waals surface area contributed by atoms with Crippen molar-refractivity contribution in [2.75, 3.05) is 0 Å². The van der Waals surface area contributed by atoms with Gasteiger partial charge in [0.15, 0.2) is 5.84 Å². The van der Waals surface area contributed by atoms with Crippen molar-refractivity contribution in [1.82, 2.24) is 14.5 Å². The molecule has 5 heteroatoms. The van der Waals surface area contributed by atoms with Crippen LogP contribution in [0.5, 0.6) is 0 Å². The Bertz CT molecular complexity index is 4160. The van der Waals surface area contributed by atoms with Gasteiger partial charge in [0.25, 0.3) is 0 Å². The molecule has 1 aliphatic heterocycles. The van der Waals surface area contributed by atoms with Crippen LogP contribution in [0.15, 0.2) is 247 Å². The molecule has 0 spiro atoms. The largest absolute Gasteiger partial charge is 0.344 e. The fourth-order valence-electron chi connectivity index (χ4n) is 11.7. The molecule has 0 bridgehead atoms. The van der Waals surface area contributed by atoms with Crippen molar-refractivity contribution >= 4 is 55.3 Å². The van der Waals surface area contributed by atoms with Crippen molar-refractivity contribution < 1.29 is 0 Å². The first kappa shape index (κ1) is 41.0. The standard InChI is InChI=1S/C66H47N5/c1-66(2)54-31-15-12-26-47(54)48-38-37-45(40-55(48)66)64-67-63(43-22-8-4-9-23-43)68-65(69-64)53-28-14-17-33-57(53)71-59-35-19-30-50(62(59)52-39-36-44(41-60(52)71)42-20-6-3-7-21-42)49-29-18-34-58-61(49)51-27-13-16-32-56(51)70(58)46-24-10-5-11-25-46/h3-41,65H,1-2H3,(H,67,68,69). The smallest absolute Gasteiger partial charge is 0.159 e. The molecule has 2 aliphatic rings. The minimum Gasteiger partial charge on any atom is -0.344 e. The van der Waals surface area contributed by atoms with Gasteiger partial charge in [0.1, 0.15) is 12.0 Å². The average Bonchev–Trinajstić information content (AvgIpc) is 4.04. The Kier molecular flexibility index (Phi) is 9.24. The summed E-state index contributed by atoms with van der Waals surface area (Å²) in [5.41, 5.74) is 19.7. The number of rotatable bonds is 7. The van der Waals surface area contributed by atoms with E-state index in [0.29, 0.717) is 5.84 Å². The van der Waals surface area contributed by atoms with Crippen LogP contribution in [-0.2, 0) is 5.41 Å². The number of fused-ring (bicyclic) bond motifs is 9. The van der Waals surface area contributed by atoms with Gasteiger partial charge in [0.2, 0.25) is 0 Å². The fourth-order valence-corrected chi connectivity index (χ4v) is 11.7. The van der Waals surface area contributed by atoms with E-state index < -0.39 is 6.17 Å². The highest BCUT2D eigenvalue weighted by atomic mass is 15.2. The Morgan fingerprint density at radius 3 is 1.76 bits per heavy atom. The van der Waals surface area contributed by atoms with Gasteiger partial charge in [-0.2, -0.15) is 0 Å². The molecule has 0 fully saturated rings. The first-order valence-electron chi connectivity index (χ1n) is 24.5. The van der Waals surface area contributed by atoms with Crippen molar-refractivity contribution in [2.45, 2.75) is 25.4 Å². The molecule has 10 aromatic carbocycles. The predicted octanol–water partition coefficient (Wildman–Crippen LogP) is 16.0. The lowest BCUT2D eigenvalue weighted by Gasteiger charge is -2.27. The predicted molar refractivity (Wildman–Crippen MR) is 295 cm³/mol. The van der Waals surface area contributed by atoms with E-state index in [1.54, 1.807) is 0 Å². The fraction of sp³-hybridized carbons (Fsp3) is 0.0606. The van der Waals surface area contributed by atoms with Crippen LogP contribution in [0.25, 0.3) is 88.4 Å². The molecule has 12 aromatic rings. The van der Waals surface area contributed by atoms with E-state index in [9.17, 15) is 0 Å². The first-order chi connectivity index (χ1) is 35.0. The second-order valence-electron chi connectivity index (χ2n) is 19.3. The van der Waals surface area contributed by atoms with Crippen molar-refractivity contribution in [3.05, 3.63) is 264 Å². The van der Waals surface area contributed by atoms with Crippen LogP contribution in [-0.4, -0.2) is 20.8 Å². The summed E-state index contributed by atoms with van der Waals surface area (Å²) in [7, 11) is 0. The summed E-state index contributed by atoms with van der Waals surface area (Å²) in [5, 5.41) is 8.75. The normalized spacial score (nSPS) is 14.9. The summed E-state index contributed by atoms with van der Waals surface area (Å²) >= 11 is 0. The molecular weight excluding hydrogens is 863 g/mol. The maximum Gasteiger partial charge on any atom is 0.159 e. The number of amidine groups is 2. The van der Waals surface area contributed by atoms with E-state index >= 15 is 0 Å². The van der Waals surface area contributed by atoms with Crippen LogP contribution >= 0.6 is 0 Å². The molecular formula is C66H47N5. The number of aliphatic imine (C=N–C) groups is 2. The average molecular weight is 910 g/mol. The van der Waals surface area contributed by atoms with Crippen LogP contribution in [0, 0.1) is 0 Å². The lowest BCUT2D eigenvalue weighted by Crippen LogP contribution is -2.34. The van der Waals surface area contributed by atoms with E-state index in [1.807, 2.05) is 6.07 Å². The van der Waals surface area contributed by atoms with Gasteiger partial charge in [-0.25, -0.2) is 9.98 Å². The van der Waals surface area contributed by atoms with Gasteiger partial charge in [-0.15, -0.1) is 0 Å². The molecule has 0 saturated heterocycles. The van der Waals surface area contributed by atoms with E-state index in [0.717, 1.165) is 50.5 Å². The quantitative estimate of drug-likeness (QED) is 0.170. The molecule has 0 saturated carbocycles. The highest BCUT2D eigenvalue weighted by Gasteiger charge is 2.36. The maximum absolute atomic E-state index is 5.49. The second kappa shape index (κ2) is 16.0. The summed E-state index contributed by atoms with van der Waals surface area (Å²) in [5.74, 6) is 1.49. The van der Waals surface area contributed by atoms with E-state index in [1.165, 1.54) is 71.5 Å². The Morgan fingerprint density at radius 2 is 0.986 bits per heavy atom. The molecule has 336 valence electrons. The Labute approximate surface area is 412 Å². The zero-order valence-electron chi connectivity index (χ0n) is 39.4. The summed E-state index contributed by atoms with van der Waals surface area (Å²) in [6.45, 7) is 4.66. The number of hydrogen-bond acceptors (Lipinski definition) is 3. The zero-order valence-corrected chi connectivity index (χ0v) is 39.4. The third-order valence-corrected chi connectivity index (χ3v) is 15.0. The van der Waals surface area contributed by atoms with Gasteiger partial charge in [-0.3, -0.25) is 0 Å². The molecule has 3 heterocycles. The van der Waals surface area contributed by atoms with Crippen LogP contribution < -0.4 is 5.32 Å². The van der Waals surface area contributed by atoms with Crippen molar-refractivity contribution in [3.63, 3.8) is 0 Å². The van der Waals surface area contributed by atoms with Gasteiger partial charge in [-0.05, 0) is 93.0 Å². The van der Waals surface area contributed by atoms with Crippen LogP contribution in [0.1, 0.15) is 47.8 Å². The molecule has 1 unspecified atom stereocenters. The van der Waals surface area contributed by atoms with Crippen LogP contribution in [0.2, 0.25) is 0 Å². The topological polar surface area (TPSA) is 46.6 Å². The molecule has 0 amide bonds. The summed E-state index contributed by atoms with van der Waals surface area (Å²) in [6.07, 6.45) is -0.460. The molecule has 2 aromatic heterocycles. The number of benzene rings is 10. The monoisotopic (exact) mass is 909 g/mol. The highest BCUT2D eigenvalue weighted by molar-refractivity contribution is 6.22. The molecule has 14 rings (SSSR count). The highest BCUT2D eigenvalue weighted by Crippen LogP contribution is 2.49. The Balaban J connectivity index is 0.986. The van der Waals surface area contributed by atoms with Crippen LogP contribution in [0.3, 0.4) is 0 Å². The number of nitrogens with one attached hydrogen (secondary N) is 1. The van der Waals surface area contributed by atoms with E-state index in [4.69, 9.17) is 9.98 Å². The van der Waals surface area contributed by atoms with E-state index in [-0.39, 0.29) is 5.41 Å². The lowest BCUT2D eigenvalue weighted by atomic mass is 9.82. The molecule has 5 nitrogen and oxygen atoms in total. The number of para-hydroxylation sites is 3. The number of aromatic nitrogens is 2. The molecule has 1 aliphatic carbocycles. The Morgan fingerprint density at radius 1 is 0.408 bits per heavy atom. The second-order valence-corrected chi connectivity index (χ2v) is 19.3. The van der Waals surface area contributed by atoms with Crippen molar-refractivity contribution in [3.8, 4) is 44.8 Å². The SMILES string of the molecule is CC1(C)c2ccccc2-c2ccc(C3=NC(c4ccccc4)=NC(c4ccccc4-n4c5cc(-c6ccccc6)ccc5c5c(-c6cccc7c6c6ccccc6n7-c6ccccc6)cccc54)N3)cc21. The van der Waals surface area contributed by atoms with Gasteiger partial charge in [0.05, 0.1) is 27.8 Å². The number of nitrogens with zero attached hydrogens (tertiary/aromatic N) is 4. The van der Waals surface area contributed by atoms with Gasteiger partial charge >= 0.3 is 0 Å². The van der Waals surface area contributed by atoms with Gasteiger partial charge in [-0.1, -0.05) is 202 Å². The maximum atomic E-state index is 5.49. The lowest BCUT2D eigenvalue weighted by molar-refractivity contribution is 0.658. The third kappa shape index (κ3) is 6.40. The molecule has 71 heavy (non-hydrogen) atoms. The van der Waals surface area contributed by atoms with Crippen molar-refractivity contribution in [1.29, 1.82) is 0 Å². The third-order valence-electron chi connectivity index (χ3n) is 15.0. The molecule has 1 N–H and O–H groups in total. The zero-order chi connectivity index (χ0) is 47.2. The van der Waals surface area contributed by atoms with Crippen molar-refractivity contribution in [2.24, 2.45) is 9.98 Å². The molecule has 0 radical (unpaired) electrons. The van der Waals surface area contributed by atoms with Gasteiger partial charge in [0, 0.05) is 49.3 Å². The minimum atomic E-state index is -0.460.